The van der Waals surface area contributed by atoms with Gasteiger partial charge in [-0.15, -0.1) is 0 Å². The molecule has 0 N–H and O–H groups in total. The van der Waals surface area contributed by atoms with Crippen molar-refractivity contribution in [2.45, 2.75) is 13.5 Å². The van der Waals surface area contributed by atoms with Crippen LogP contribution in [0.4, 0.5) is 0 Å². The van der Waals surface area contributed by atoms with Gasteiger partial charge in [-0.05, 0) is 19.1 Å². The molecule has 5 nitrogen and oxygen atoms in total. The second-order valence-electron chi connectivity index (χ2n) is 4.35. The van der Waals surface area contributed by atoms with Crippen molar-refractivity contribution in [2.75, 3.05) is 6.61 Å². The van der Waals surface area contributed by atoms with Crippen LogP contribution in [-0.4, -0.2) is 17.9 Å². The molecular weight excluding hydrogens is 304 g/mol. The van der Waals surface area contributed by atoms with Gasteiger partial charge in [-0.3, -0.25) is 9.78 Å². The van der Waals surface area contributed by atoms with E-state index in [1.165, 1.54) is 12.3 Å². The Balaban J connectivity index is 2.22. The monoisotopic (exact) mass is 316 g/mol. The number of nitrogens with zero attached hydrogens (tertiary/aromatic N) is 2. The second-order valence-corrected chi connectivity index (χ2v) is 4.76. The van der Waals surface area contributed by atoms with Crippen LogP contribution in [0.5, 0.6) is 11.5 Å². The number of carbonyl (C=O) groups excluding carboxylic acids is 1. The van der Waals surface area contributed by atoms with Crippen molar-refractivity contribution < 1.29 is 14.3 Å². The van der Waals surface area contributed by atoms with E-state index in [1.807, 2.05) is 13.0 Å². The fourth-order valence-electron chi connectivity index (χ4n) is 1.82. The molecule has 0 aliphatic heterocycles. The molecule has 2 aromatic rings. The predicted octanol–water partition coefficient (Wildman–Crippen LogP) is 3.40. The largest absolute Gasteiger partial charge is 0.492 e. The molecule has 0 aliphatic carbocycles. The van der Waals surface area contributed by atoms with E-state index in [2.05, 4.69) is 4.98 Å². The van der Waals surface area contributed by atoms with E-state index in [-0.39, 0.29) is 6.61 Å². The van der Waals surface area contributed by atoms with Gasteiger partial charge in [0.1, 0.15) is 24.2 Å². The number of hydrogen-bond acceptors (Lipinski definition) is 5. The smallest absolute Gasteiger partial charge is 0.153 e. The molecule has 0 unspecified atom stereocenters. The lowest BCUT2D eigenvalue weighted by Crippen LogP contribution is -2.01. The Morgan fingerprint density at radius 2 is 2.09 bits per heavy atom. The number of nitriles is 1. The molecule has 2 rings (SSSR count). The first-order valence-electron chi connectivity index (χ1n) is 6.56. The third-order valence-corrected chi connectivity index (χ3v) is 3.10. The molecule has 1 heterocycles. The number of halogens is 1. The highest BCUT2D eigenvalue weighted by Gasteiger charge is 2.11. The lowest BCUT2D eigenvalue weighted by Gasteiger charge is -2.12. The summed E-state index contributed by atoms with van der Waals surface area (Å²) in [4.78, 5) is 15.1. The quantitative estimate of drug-likeness (QED) is 0.764. The van der Waals surface area contributed by atoms with Gasteiger partial charge in [0.25, 0.3) is 0 Å². The Bertz CT molecular complexity index is 726. The molecular formula is C16H13ClN2O3. The second kappa shape index (κ2) is 7.43. The highest BCUT2D eigenvalue weighted by atomic mass is 35.5. The van der Waals surface area contributed by atoms with E-state index in [0.29, 0.717) is 40.5 Å². The summed E-state index contributed by atoms with van der Waals surface area (Å²) in [5.74, 6) is 0.818. The number of aromatic nitrogens is 1. The maximum Gasteiger partial charge on any atom is 0.153 e. The van der Waals surface area contributed by atoms with Crippen molar-refractivity contribution in [3.63, 3.8) is 0 Å². The van der Waals surface area contributed by atoms with Crippen LogP contribution >= 0.6 is 11.6 Å². The van der Waals surface area contributed by atoms with Crippen LogP contribution in [0.1, 0.15) is 28.4 Å². The van der Waals surface area contributed by atoms with Gasteiger partial charge in [-0.25, -0.2) is 0 Å². The van der Waals surface area contributed by atoms with Crippen LogP contribution in [0.3, 0.4) is 0 Å². The van der Waals surface area contributed by atoms with E-state index in [4.69, 9.17) is 26.3 Å². The Morgan fingerprint density at radius 1 is 1.27 bits per heavy atom. The zero-order valence-corrected chi connectivity index (χ0v) is 12.6. The fourth-order valence-corrected chi connectivity index (χ4v) is 2.05. The van der Waals surface area contributed by atoms with Crippen molar-refractivity contribution in [2.24, 2.45) is 0 Å². The number of benzene rings is 1. The highest BCUT2D eigenvalue weighted by Crippen LogP contribution is 2.32. The lowest BCUT2D eigenvalue weighted by molar-refractivity contribution is 0.111. The van der Waals surface area contributed by atoms with E-state index in [0.717, 1.165) is 5.56 Å². The minimum Gasteiger partial charge on any atom is -0.492 e. The number of aldehydes is 1. The minimum atomic E-state index is 0.177. The number of rotatable bonds is 6. The summed E-state index contributed by atoms with van der Waals surface area (Å²) in [7, 11) is 0. The van der Waals surface area contributed by atoms with Crippen LogP contribution in [0, 0.1) is 11.3 Å². The van der Waals surface area contributed by atoms with Gasteiger partial charge < -0.3 is 9.47 Å². The number of hydrogen-bond donors (Lipinski definition) is 0. The van der Waals surface area contributed by atoms with Gasteiger partial charge >= 0.3 is 0 Å². The summed E-state index contributed by atoms with van der Waals surface area (Å²) >= 11 is 6.03. The average Bonchev–Trinajstić information content (AvgIpc) is 2.55. The minimum absolute atomic E-state index is 0.177. The first-order chi connectivity index (χ1) is 10.7. The van der Waals surface area contributed by atoms with Crippen molar-refractivity contribution in [1.82, 2.24) is 4.98 Å². The molecule has 0 amide bonds. The molecule has 1 aromatic carbocycles. The normalized spacial score (nSPS) is 9.86. The standard InChI is InChI=1S/C16H13ClN2O3/c1-2-21-16-5-15(13(9-20)4-14(16)17)22-10-12-3-11(6-18)7-19-8-12/h3-5,7-9H,2,10H2,1H3. The molecule has 0 saturated carbocycles. The first-order valence-corrected chi connectivity index (χ1v) is 6.94. The Kier molecular flexibility index (Phi) is 5.34. The van der Waals surface area contributed by atoms with E-state index in [1.54, 1.807) is 18.3 Å². The molecule has 0 radical (unpaired) electrons. The van der Waals surface area contributed by atoms with Gasteiger partial charge in [0.2, 0.25) is 0 Å². The van der Waals surface area contributed by atoms with Crippen molar-refractivity contribution in [3.8, 4) is 17.6 Å². The third-order valence-electron chi connectivity index (χ3n) is 2.81. The Labute approximate surface area is 133 Å². The maximum atomic E-state index is 11.1. The van der Waals surface area contributed by atoms with Crippen LogP contribution in [0.15, 0.2) is 30.6 Å². The van der Waals surface area contributed by atoms with Gasteiger partial charge in [-0.1, -0.05) is 11.6 Å². The fraction of sp³-hybridized carbons (Fsp3) is 0.188. The Morgan fingerprint density at radius 3 is 2.77 bits per heavy atom. The van der Waals surface area contributed by atoms with E-state index >= 15 is 0 Å². The predicted molar refractivity (Wildman–Crippen MR) is 81.3 cm³/mol. The van der Waals surface area contributed by atoms with E-state index in [9.17, 15) is 4.79 Å². The molecule has 6 heteroatoms. The highest BCUT2D eigenvalue weighted by molar-refractivity contribution is 6.32. The van der Waals surface area contributed by atoms with Crippen molar-refractivity contribution >= 4 is 17.9 Å². The number of pyridine rings is 1. The van der Waals surface area contributed by atoms with E-state index < -0.39 is 0 Å². The summed E-state index contributed by atoms with van der Waals surface area (Å²) in [6.07, 6.45) is 3.73. The van der Waals surface area contributed by atoms with Gasteiger partial charge in [0.05, 0.1) is 22.8 Å². The van der Waals surface area contributed by atoms with Crippen LogP contribution in [0.2, 0.25) is 5.02 Å². The van der Waals surface area contributed by atoms with Gasteiger partial charge in [-0.2, -0.15) is 5.26 Å². The SMILES string of the molecule is CCOc1cc(OCc2cncc(C#N)c2)c(C=O)cc1Cl. The Hall–Kier alpha value is -2.58. The van der Waals surface area contributed by atoms with Crippen LogP contribution < -0.4 is 9.47 Å². The first kappa shape index (κ1) is 15.8. The molecule has 112 valence electrons. The summed E-state index contributed by atoms with van der Waals surface area (Å²) < 4.78 is 11.0. The molecule has 0 atom stereocenters. The lowest BCUT2D eigenvalue weighted by atomic mass is 10.2. The van der Waals surface area contributed by atoms with Gasteiger partial charge in [0, 0.05) is 24.0 Å². The molecule has 0 spiro atoms. The summed E-state index contributed by atoms with van der Waals surface area (Å²) in [5, 5.41) is 9.20. The van der Waals surface area contributed by atoms with Crippen LogP contribution in [-0.2, 0) is 6.61 Å². The topological polar surface area (TPSA) is 72.2 Å². The van der Waals surface area contributed by atoms with Gasteiger partial charge in [0.15, 0.2) is 6.29 Å². The van der Waals surface area contributed by atoms with Crippen molar-refractivity contribution in [1.29, 1.82) is 5.26 Å². The third kappa shape index (κ3) is 3.74. The number of ether oxygens (including phenoxy) is 2. The molecule has 0 saturated heterocycles. The van der Waals surface area contributed by atoms with Crippen molar-refractivity contribution in [3.05, 3.63) is 52.3 Å². The molecule has 0 aliphatic rings. The molecule has 0 fully saturated rings. The number of carbonyl (C=O) groups is 1. The summed E-state index contributed by atoms with van der Waals surface area (Å²) in [6.45, 7) is 2.47. The molecule has 0 bridgehead atoms. The summed E-state index contributed by atoms with van der Waals surface area (Å²) in [5.41, 5.74) is 1.50. The maximum absolute atomic E-state index is 11.1. The molecule has 22 heavy (non-hydrogen) atoms. The zero-order valence-electron chi connectivity index (χ0n) is 11.9. The average molecular weight is 317 g/mol. The summed E-state index contributed by atoms with van der Waals surface area (Å²) in [6, 6.07) is 6.76. The zero-order chi connectivity index (χ0) is 15.9. The molecule has 1 aromatic heterocycles. The van der Waals surface area contributed by atoms with Crippen LogP contribution in [0.25, 0.3) is 0 Å².